The van der Waals surface area contributed by atoms with Crippen molar-refractivity contribution in [3.05, 3.63) is 22.2 Å². The van der Waals surface area contributed by atoms with Gasteiger partial charge in [0.1, 0.15) is 0 Å². The van der Waals surface area contributed by atoms with Crippen LogP contribution in [0.15, 0.2) is 16.6 Å². The number of nitrogens with two attached hydrogens (primary N) is 2. The third-order valence-electron chi connectivity index (χ3n) is 2.52. The average Bonchev–Trinajstić information content (AvgIpc) is 2.31. The highest BCUT2D eigenvalue weighted by atomic mass is 79.9. The van der Waals surface area contributed by atoms with E-state index in [9.17, 15) is 4.79 Å². The van der Waals surface area contributed by atoms with Crippen molar-refractivity contribution in [1.29, 1.82) is 0 Å². The zero-order valence-electron chi connectivity index (χ0n) is 11.8. The molecule has 112 valence electrons. The number of primary amides is 1. The van der Waals surface area contributed by atoms with E-state index >= 15 is 0 Å². The molecule has 0 heterocycles. The standard InChI is InChI=1S/C14H21BrN2O3/c1-3-19-12-8-10(6-9(2)16)7-11(15)14(12)20-5-4-13(17)18/h7-9H,3-6,16H2,1-2H3,(H2,17,18). The number of amides is 1. The number of rotatable bonds is 8. The SMILES string of the molecule is CCOc1cc(CC(C)N)cc(Br)c1OCCC(N)=O. The molecule has 0 aliphatic carbocycles. The van der Waals surface area contributed by atoms with Crippen molar-refractivity contribution in [2.24, 2.45) is 11.5 Å². The van der Waals surface area contributed by atoms with E-state index in [1.165, 1.54) is 0 Å². The highest BCUT2D eigenvalue weighted by molar-refractivity contribution is 9.10. The second kappa shape index (κ2) is 8.11. The van der Waals surface area contributed by atoms with Crippen LogP contribution >= 0.6 is 15.9 Å². The third-order valence-corrected chi connectivity index (χ3v) is 3.11. The van der Waals surface area contributed by atoms with Gasteiger partial charge in [-0.1, -0.05) is 0 Å². The lowest BCUT2D eigenvalue weighted by molar-refractivity contribution is -0.118. The van der Waals surface area contributed by atoms with E-state index in [0.29, 0.717) is 18.1 Å². The van der Waals surface area contributed by atoms with E-state index < -0.39 is 5.91 Å². The molecule has 0 aliphatic rings. The summed E-state index contributed by atoms with van der Waals surface area (Å²) in [7, 11) is 0. The lowest BCUT2D eigenvalue weighted by atomic mass is 10.1. The van der Waals surface area contributed by atoms with Crippen LogP contribution in [-0.2, 0) is 11.2 Å². The van der Waals surface area contributed by atoms with Gasteiger partial charge in [0.05, 0.1) is 24.1 Å². The Morgan fingerprint density at radius 1 is 1.40 bits per heavy atom. The summed E-state index contributed by atoms with van der Waals surface area (Å²) in [5, 5.41) is 0. The Kier molecular flexibility index (Phi) is 6.81. The Labute approximate surface area is 127 Å². The van der Waals surface area contributed by atoms with Crippen LogP contribution in [0.2, 0.25) is 0 Å². The van der Waals surface area contributed by atoms with E-state index in [-0.39, 0.29) is 19.1 Å². The predicted molar refractivity (Wildman–Crippen MR) is 82.0 cm³/mol. The van der Waals surface area contributed by atoms with Crippen LogP contribution in [-0.4, -0.2) is 25.2 Å². The molecule has 1 amide bonds. The molecular formula is C14H21BrN2O3. The summed E-state index contributed by atoms with van der Waals surface area (Å²) in [4.78, 5) is 10.7. The Balaban J connectivity index is 2.93. The van der Waals surface area contributed by atoms with Crippen LogP contribution in [0.25, 0.3) is 0 Å². The van der Waals surface area contributed by atoms with Crippen LogP contribution in [0.4, 0.5) is 0 Å². The molecule has 0 radical (unpaired) electrons. The monoisotopic (exact) mass is 344 g/mol. The second-order valence-electron chi connectivity index (χ2n) is 4.58. The van der Waals surface area contributed by atoms with Gasteiger partial charge >= 0.3 is 0 Å². The average molecular weight is 345 g/mol. The smallest absolute Gasteiger partial charge is 0.220 e. The fraction of sp³-hybridized carbons (Fsp3) is 0.500. The first-order valence-corrected chi connectivity index (χ1v) is 7.35. The minimum absolute atomic E-state index is 0.0676. The van der Waals surface area contributed by atoms with Crippen LogP contribution in [0.5, 0.6) is 11.5 Å². The highest BCUT2D eigenvalue weighted by Crippen LogP contribution is 2.37. The first-order chi connectivity index (χ1) is 9.43. The maximum absolute atomic E-state index is 10.7. The van der Waals surface area contributed by atoms with Gasteiger partial charge in [-0.3, -0.25) is 4.79 Å². The van der Waals surface area contributed by atoms with E-state index in [2.05, 4.69) is 15.9 Å². The largest absolute Gasteiger partial charge is 0.490 e. The third kappa shape index (κ3) is 5.38. The molecule has 0 aromatic heterocycles. The van der Waals surface area contributed by atoms with E-state index in [1.807, 2.05) is 26.0 Å². The molecule has 0 saturated carbocycles. The summed E-state index contributed by atoms with van der Waals surface area (Å²) in [6.45, 7) is 4.60. The van der Waals surface area contributed by atoms with Crippen molar-refractivity contribution < 1.29 is 14.3 Å². The summed E-state index contributed by atoms with van der Waals surface area (Å²) in [6.07, 6.45) is 0.916. The number of halogens is 1. The fourth-order valence-corrected chi connectivity index (χ4v) is 2.37. The van der Waals surface area contributed by atoms with E-state index in [4.69, 9.17) is 20.9 Å². The molecule has 1 aromatic rings. The first kappa shape index (κ1) is 16.8. The van der Waals surface area contributed by atoms with Crippen molar-refractivity contribution in [2.45, 2.75) is 32.7 Å². The molecule has 0 fully saturated rings. The number of hydrogen-bond donors (Lipinski definition) is 2. The minimum atomic E-state index is -0.396. The molecule has 6 heteroatoms. The van der Waals surface area contributed by atoms with Gasteiger partial charge in [0.2, 0.25) is 5.91 Å². The maximum Gasteiger partial charge on any atom is 0.220 e. The summed E-state index contributed by atoms with van der Waals surface area (Å²) in [5.41, 5.74) is 12.0. The molecule has 0 bridgehead atoms. The molecule has 5 nitrogen and oxygen atoms in total. The van der Waals surface area contributed by atoms with Gasteiger partial charge in [0.25, 0.3) is 0 Å². The molecule has 0 spiro atoms. The number of carbonyl (C=O) groups excluding carboxylic acids is 1. The maximum atomic E-state index is 10.7. The Hall–Kier alpha value is -1.27. The molecule has 20 heavy (non-hydrogen) atoms. The summed E-state index contributed by atoms with van der Waals surface area (Å²) >= 11 is 3.46. The normalized spacial score (nSPS) is 12.0. The van der Waals surface area contributed by atoms with Crippen LogP contribution in [0, 0.1) is 0 Å². The van der Waals surface area contributed by atoms with Gasteiger partial charge in [-0.15, -0.1) is 0 Å². The summed E-state index contributed by atoms with van der Waals surface area (Å²) in [6, 6.07) is 3.93. The van der Waals surface area contributed by atoms with Gasteiger partial charge in [-0.25, -0.2) is 0 Å². The second-order valence-corrected chi connectivity index (χ2v) is 5.44. The van der Waals surface area contributed by atoms with Crippen molar-refractivity contribution in [2.75, 3.05) is 13.2 Å². The quantitative estimate of drug-likeness (QED) is 0.754. The van der Waals surface area contributed by atoms with Crippen molar-refractivity contribution in [3.8, 4) is 11.5 Å². The Morgan fingerprint density at radius 3 is 2.65 bits per heavy atom. The molecule has 0 aliphatic heterocycles. The van der Waals surface area contributed by atoms with Crippen LogP contribution in [0.3, 0.4) is 0 Å². The van der Waals surface area contributed by atoms with E-state index in [0.717, 1.165) is 16.5 Å². The topological polar surface area (TPSA) is 87.6 Å². The summed E-state index contributed by atoms with van der Waals surface area (Å²) < 4.78 is 12.0. The number of carbonyl (C=O) groups is 1. The number of ether oxygens (including phenoxy) is 2. The van der Waals surface area contributed by atoms with Crippen molar-refractivity contribution in [1.82, 2.24) is 0 Å². The first-order valence-electron chi connectivity index (χ1n) is 6.56. The molecule has 1 unspecified atom stereocenters. The molecule has 1 rings (SSSR count). The fourth-order valence-electron chi connectivity index (χ4n) is 1.77. The molecule has 4 N–H and O–H groups in total. The highest BCUT2D eigenvalue weighted by Gasteiger charge is 2.13. The predicted octanol–water partition coefficient (Wildman–Crippen LogP) is 1.99. The zero-order chi connectivity index (χ0) is 15.1. The Morgan fingerprint density at radius 2 is 2.10 bits per heavy atom. The van der Waals surface area contributed by atoms with Gasteiger partial charge in [-0.05, 0) is 53.9 Å². The van der Waals surface area contributed by atoms with Crippen LogP contribution in [0.1, 0.15) is 25.8 Å². The van der Waals surface area contributed by atoms with Crippen molar-refractivity contribution >= 4 is 21.8 Å². The van der Waals surface area contributed by atoms with Crippen molar-refractivity contribution in [3.63, 3.8) is 0 Å². The number of benzene rings is 1. The molecular weight excluding hydrogens is 324 g/mol. The van der Waals surface area contributed by atoms with Gasteiger partial charge < -0.3 is 20.9 Å². The molecule has 1 aromatic carbocycles. The lowest BCUT2D eigenvalue weighted by Gasteiger charge is -2.16. The number of hydrogen-bond acceptors (Lipinski definition) is 4. The summed E-state index contributed by atoms with van der Waals surface area (Å²) in [5.74, 6) is 0.830. The van der Waals surface area contributed by atoms with E-state index in [1.54, 1.807) is 0 Å². The minimum Gasteiger partial charge on any atom is -0.490 e. The molecule has 1 atom stereocenters. The lowest BCUT2D eigenvalue weighted by Crippen LogP contribution is -2.18. The van der Waals surface area contributed by atoms with Gasteiger partial charge in [0.15, 0.2) is 11.5 Å². The van der Waals surface area contributed by atoms with Crippen LogP contribution < -0.4 is 20.9 Å². The zero-order valence-corrected chi connectivity index (χ0v) is 13.4. The van der Waals surface area contributed by atoms with Gasteiger partial charge in [0, 0.05) is 6.04 Å². The van der Waals surface area contributed by atoms with Gasteiger partial charge in [-0.2, -0.15) is 0 Å². The Bertz CT molecular complexity index is 464. The molecule has 0 saturated heterocycles.